The molecule has 1 aromatic heterocycles. The minimum Gasteiger partial charge on any atom is -0.385 e. The van der Waals surface area contributed by atoms with Crippen molar-refractivity contribution in [2.45, 2.75) is 32.6 Å². The molecule has 4 nitrogen and oxygen atoms in total. The van der Waals surface area contributed by atoms with Crippen LogP contribution in [-0.4, -0.2) is 42.6 Å². The van der Waals surface area contributed by atoms with Crippen LogP contribution in [0.15, 0.2) is 5.38 Å². The predicted octanol–water partition coefficient (Wildman–Crippen LogP) is 2.73. The molecule has 0 N–H and O–H groups in total. The van der Waals surface area contributed by atoms with Crippen molar-refractivity contribution >= 4 is 17.2 Å². The number of amides is 1. The molecule has 0 saturated carbocycles. The molecule has 1 fully saturated rings. The van der Waals surface area contributed by atoms with E-state index in [1.807, 2.05) is 17.2 Å². The van der Waals surface area contributed by atoms with E-state index in [9.17, 15) is 4.79 Å². The molecule has 106 valence electrons. The molecule has 0 aromatic carbocycles. The Kier molecular flexibility index (Phi) is 5.34. The maximum absolute atomic E-state index is 12.3. The van der Waals surface area contributed by atoms with E-state index in [2.05, 4.69) is 4.98 Å². The maximum atomic E-state index is 12.3. The summed E-state index contributed by atoms with van der Waals surface area (Å²) in [4.78, 5) is 18.6. The van der Waals surface area contributed by atoms with Gasteiger partial charge in [-0.1, -0.05) is 0 Å². The Morgan fingerprint density at radius 3 is 3.16 bits per heavy atom. The Balaban J connectivity index is 1.88. The number of carbonyl (C=O) groups excluding carboxylic acids is 1. The second-order valence-electron chi connectivity index (χ2n) is 5.15. The third-order valence-corrected chi connectivity index (χ3v) is 4.38. The highest BCUT2D eigenvalue weighted by Gasteiger charge is 2.25. The van der Waals surface area contributed by atoms with E-state index in [1.165, 1.54) is 17.8 Å². The number of thiazole rings is 1. The number of carbonyl (C=O) groups is 1. The molecule has 1 aliphatic heterocycles. The molecule has 0 unspecified atom stereocenters. The molecule has 5 heteroatoms. The normalized spacial score (nSPS) is 19.7. The van der Waals surface area contributed by atoms with Crippen molar-refractivity contribution in [2.75, 3.05) is 26.8 Å². The Bertz CT molecular complexity index is 419. The van der Waals surface area contributed by atoms with Crippen molar-refractivity contribution in [2.24, 2.45) is 5.92 Å². The fourth-order valence-corrected chi connectivity index (χ4v) is 3.21. The fraction of sp³-hybridized carbons (Fsp3) is 0.714. The molecule has 19 heavy (non-hydrogen) atoms. The first-order chi connectivity index (χ1) is 9.20. The SMILES string of the molecule is COCCC[C@H]1CCCN(C(=O)c2csc(C)n2)C1. The monoisotopic (exact) mass is 282 g/mol. The minimum atomic E-state index is 0.0980. The Hall–Kier alpha value is -0.940. The third-order valence-electron chi connectivity index (χ3n) is 3.61. The van der Waals surface area contributed by atoms with E-state index in [4.69, 9.17) is 4.74 Å². The van der Waals surface area contributed by atoms with E-state index in [0.717, 1.165) is 44.0 Å². The van der Waals surface area contributed by atoms with E-state index >= 15 is 0 Å². The Morgan fingerprint density at radius 2 is 2.47 bits per heavy atom. The lowest BCUT2D eigenvalue weighted by atomic mass is 9.93. The zero-order valence-corrected chi connectivity index (χ0v) is 12.5. The number of rotatable bonds is 5. The van der Waals surface area contributed by atoms with Crippen LogP contribution in [0.25, 0.3) is 0 Å². The van der Waals surface area contributed by atoms with Gasteiger partial charge in [-0.25, -0.2) is 4.98 Å². The van der Waals surface area contributed by atoms with Crippen LogP contribution in [0.2, 0.25) is 0 Å². The molecule has 0 spiro atoms. The second-order valence-corrected chi connectivity index (χ2v) is 6.21. The summed E-state index contributed by atoms with van der Waals surface area (Å²) in [5, 5.41) is 2.82. The lowest BCUT2D eigenvalue weighted by Crippen LogP contribution is -2.40. The molecule has 1 atom stereocenters. The van der Waals surface area contributed by atoms with Crippen molar-refractivity contribution < 1.29 is 9.53 Å². The summed E-state index contributed by atoms with van der Waals surface area (Å²) < 4.78 is 5.09. The summed E-state index contributed by atoms with van der Waals surface area (Å²) >= 11 is 1.54. The standard InChI is InChI=1S/C14H22N2O2S/c1-11-15-13(10-19-11)14(17)16-7-3-5-12(9-16)6-4-8-18-2/h10,12H,3-9H2,1-2H3/t12-/m1/s1. The fourth-order valence-electron chi connectivity index (χ4n) is 2.63. The van der Waals surface area contributed by atoms with Crippen LogP contribution in [0.5, 0.6) is 0 Å². The van der Waals surface area contributed by atoms with Crippen LogP contribution in [0, 0.1) is 12.8 Å². The minimum absolute atomic E-state index is 0.0980. The van der Waals surface area contributed by atoms with Gasteiger partial charge in [0, 0.05) is 32.2 Å². The number of aromatic nitrogens is 1. The molecule has 0 aliphatic carbocycles. The quantitative estimate of drug-likeness (QED) is 0.780. The van der Waals surface area contributed by atoms with Gasteiger partial charge < -0.3 is 9.64 Å². The summed E-state index contributed by atoms with van der Waals surface area (Å²) in [5.41, 5.74) is 0.611. The number of piperidine rings is 1. The van der Waals surface area contributed by atoms with Gasteiger partial charge in [0.15, 0.2) is 0 Å². The number of methoxy groups -OCH3 is 1. The van der Waals surface area contributed by atoms with Gasteiger partial charge in [-0.3, -0.25) is 4.79 Å². The molecular formula is C14H22N2O2S. The Labute approximate surface area is 118 Å². The number of nitrogens with zero attached hydrogens (tertiary/aromatic N) is 2. The predicted molar refractivity (Wildman–Crippen MR) is 76.6 cm³/mol. The molecule has 1 aliphatic rings. The smallest absolute Gasteiger partial charge is 0.273 e. The summed E-state index contributed by atoms with van der Waals surface area (Å²) in [6.07, 6.45) is 4.56. The van der Waals surface area contributed by atoms with Crippen LogP contribution >= 0.6 is 11.3 Å². The number of aryl methyl sites for hydroxylation is 1. The van der Waals surface area contributed by atoms with Crippen LogP contribution < -0.4 is 0 Å². The van der Waals surface area contributed by atoms with Crippen molar-refractivity contribution in [1.29, 1.82) is 0 Å². The topological polar surface area (TPSA) is 42.4 Å². The van der Waals surface area contributed by atoms with E-state index in [-0.39, 0.29) is 5.91 Å². The second kappa shape index (κ2) is 7.01. The number of hydrogen-bond donors (Lipinski definition) is 0. The lowest BCUT2D eigenvalue weighted by molar-refractivity contribution is 0.0655. The highest BCUT2D eigenvalue weighted by Crippen LogP contribution is 2.22. The van der Waals surface area contributed by atoms with Gasteiger partial charge in [0.05, 0.1) is 5.01 Å². The lowest BCUT2D eigenvalue weighted by Gasteiger charge is -2.32. The molecule has 0 bridgehead atoms. The van der Waals surface area contributed by atoms with Crippen molar-refractivity contribution in [1.82, 2.24) is 9.88 Å². The van der Waals surface area contributed by atoms with Crippen LogP contribution in [-0.2, 0) is 4.74 Å². The average Bonchev–Trinajstić information content (AvgIpc) is 2.85. The largest absolute Gasteiger partial charge is 0.385 e. The highest BCUT2D eigenvalue weighted by molar-refractivity contribution is 7.09. The van der Waals surface area contributed by atoms with Crippen LogP contribution in [0.1, 0.15) is 41.2 Å². The molecule has 1 saturated heterocycles. The maximum Gasteiger partial charge on any atom is 0.273 e. The van der Waals surface area contributed by atoms with Crippen molar-refractivity contribution in [3.63, 3.8) is 0 Å². The first-order valence-corrected chi connectivity index (χ1v) is 7.79. The molecule has 0 radical (unpaired) electrons. The van der Waals surface area contributed by atoms with Gasteiger partial charge in [0.25, 0.3) is 5.91 Å². The first-order valence-electron chi connectivity index (χ1n) is 6.91. The van der Waals surface area contributed by atoms with Crippen molar-refractivity contribution in [3.8, 4) is 0 Å². The summed E-state index contributed by atoms with van der Waals surface area (Å²) in [6.45, 7) is 4.50. The average molecular weight is 282 g/mol. The summed E-state index contributed by atoms with van der Waals surface area (Å²) in [6, 6.07) is 0. The van der Waals surface area contributed by atoms with E-state index in [0.29, 0.717) is 11.6 Å². The van der Waals surface area contributed by atoms with Gasteiger partial charge in [0.1, 0.15) is 5.69 Å². The summed E-state index contributed by atoms with van der Waals surface area (Å²) in [5.74, 6) is 0.716. The molecule has 1 aromatic rings. The van der Waals surface area contributed by atoms with Crippen molar-refractivity contribution in [3.05, 3.63) is 16.1 Å². The van der Waals surface area contributed by atoms with E-state index < -0.39 is 0 Å². The van der Waals surface area contributed by atoms with Gasteiger partial charge in [-0.15, -0.1) is 11.3 Å². The van der Waals surface area contributed by atoms with Crippen LogP contribution in [0.3, 0.4) is 0 Å². The first kappa shape index (κ1) is 14.5. The van der Waals surface area contributed by atoms with Gasteiger partial charge in [-0.2, -0.15) is 0 Å². The van der Waals surface area contributed by atoms with Gasteiger partial charge in [0.2, 0.25) is 0 Å². The molecule has 1 amide bonds. The van der Waals surface area contributed by atoms with Gasteiger partial charge in [-0.05, 0) is 38.5 Å². The van der Waals surface area contributed by atoms with Gasteiger partial charge >= 0.3 is 0 Å². The van der Waals surface area contributed by atoms with E-state index in [1.54, 1.807) is 7.11 Å². The number of likely N-dealkylation sites (tertiary alicyclic amines) is 1. The summed E-state index contributed by atoms with van der Waals surface area (Å²) in [7, 11) is 1.74. The zero-order valence-electron chi connectivity index (χ0n) is 11.7. The zero-order chi connectivity index (χ0) is 13.7. The molecule has 2 heterocycles. The Morgan fingerprint density at radius 1 is 1.63 bits per heavy atom. The third kappa shape index (κ3) is 4.01. The number of ether oxygens (including phenoxy) is 1. The highest BCUT2D eigenvalue weighted by atomic mass is 32.1. The van der Waals surface area contributed by atoms with Crippen LogP contribution in [0.4, 0.5) is 0 Å². The molecular weight excluding hydrogens is 260 g/mol. The molecule has 2 rings (SSSR count). The number of hydrogen-bond acceptors (Lipinski definition) is 4.